The monoisotopic (exact) mass is 540 g/mol. The van der Waals surface area contributed by atoms with Crippen LogP contribution in [-0.2, 0) is 27.4 Å². The molecule has 1 atom stereocenters. The molecule has 3 aromatic rings. The standard InChI is InChI=1S/C32H36N4O4/c1-2-16-36(17-6-15-34-39)32(38)28-19-27-14-13-26(20-29(27)35-30(33)21-28)25-11-9-23(10-12-25)18-31(37)40-22-24-7-4-3-5-8-24/h3-5,7-14,19-20,30,35H,2,6,15-18,21-22,33H2,1H3. The third-order valence-electron chi connectivity index (χ3n) is 6.78. The van der Waals surface area contributed by atoms with Gasteiger partial charge in [0, 0.05) is 30.8 Å². The third kappa shape index (κ3) is 7.86. The zero-order valence-electron chi connectivity index (χ0n) is 22.8. The predicted octanol–water partition coefficient (Wildman–Crippen LogP) is 5.52. The van der Waals surface area contributed by atoms with Crippen molar-refractivity contribution < 1.29 is 14.3 Å². The largest absolute Gasteiger partial charge is 0.461 e. The normalized spacial score (nSPS) is 14.2. The molecule has 0 aromatic heterocycles. The second-order valence-electron chi connectivity index (χ2n) is 9.95. The lowest BCUT2D eigenvalue weighted by molar-refractivity contribution is -0.144. The molecule has 0 spiro atoms. The second-order valence-corrected chi connectivity index (χ2v) is 9.95. The lowest BCUT2D eigenvalue weighted by atomic mass is 9.99. The van der Waals surface area contributed by atoms with Crippen molar-refractivity contribution in [3.8, 4) is 11.1 Å². The molecule has 0 fully saturated rings. The summed E-state index contributed by atoms with van der Waals surface area (Å²) in [5.74, 6) is -0.324. The average molecular weight is 541 g/mol. The SMILES string of the molecule is CCCN(CCCN=O)C(=O)C1=Cc2ccc(-c3ccc(CC(=O)OCc4ccccc4)cc3)cc2NC(N)C1. The predicted molar refractivity (Wildman–Crippen MR) is 158 cm³/mol. The van der Waals surface area contributed by atoms with Crippen molar-refractivity contribution >= 4 is 23.6 Å². The van der Waals surface area contributed by atoms with E-state index in [1.54, 1.807) is 4.90 Å². The Morgan fingerprint density at radius 3 is 2.48 bits per heavy atom. The van der Waals surface area contributed by atoms with Crippen LogP contribution >= 0.6 is 0 Å². The lowest BCUT2D eigenvalue weighted by Gasteiger charge is -2.23. The molecule has 0 bridgehead atoms. The van der Waals surface area contributed by atoms with Gasteiger partial charge in [-0.15, -0.1) is 0 Å². The molecule has 3 N–H and O–H groups in total. The lowest BCUT2D eigenvalue weighted by Crippen LogP contribution is -2.37. The summed E-state index contributed by atoms with van der Waals surface area (Å²) in [6.45, 7) is 3.58. The molecule has 0 radical (unpaired) electrons. The molecule has 1 unspecified atom stereocenters. The molecular weight excluding hydrogens is 504 g/mol. The second kappa shape index (κ2) is 14.2. The van der Waals surface area contributed by atoms with E-state index in [2.05, 4.69) is 10.5 Å². The van der Waals surface area contributed by atoms with Crippen LogP contribution in [0.4, 0.5) is 5.69 Å². The third-order valence-corrected chi connectivity index (χ3v) is 6.78. The fraction of sp³-hybridized carbons (Fsp3) is 0.312. The molecule has 3 aromatic carbocycles. The van der Waals surface area contributed by atoms with E-state index in [0.717, 1.165) is 39.9 Å². The molecule has 1 aliphatic rings. The van der Waals surface area contributed by atoms with Gasteiger partial charge in [-0.3, -0.25) is 9.59 Å². The number of amides is 1. The number of esters is 1. The van der Waals surface area contributed by atoms with Gasteiger partial charge in [0.2, 0.25) is 5.91 Å². The average Bonchev–Trinajstić information content (AvgIpc) is 3.14. The maximum absolute atomic E-state index is 13.3. The molecule has 4 rings (SSSR count). The molecule has 208 valence electrons. The van der Waals surface area contributed by atoms with Gasteiger partial charge in [0.15, 0.2) is 0 Å². The molecule has 0 saturated heterocycles. The quantitative estimate of drug-likeness (QED) is 0.178. The molecule has 1 aliphatic heterocycles. The van der Waals surface area contributed by atoms with Gasteiger partial charge in [-0.2, -0.15) is 4.91 Å². The Bertz CT molecular complexity index is 1340. The van der Waals surface area contributed by atoms with Gasteiger partial charge in [-0.1, -0.05) is 78.8 Å². The zero-order chi connectivity index (χ0) is 28.3. The molecule has 0 saturated carbocycles. The van der Waals surface area contributed by atoms with Crippen molar-refractivity contribution in [3.63, 3.8) is 0 Å². The van der Waals surface area contributed by atoms with Gasteiger partial charge < -0.3 is 20.7 Å². The number of carbonyl (C=O) groups is 2. The fourth-order valence-electron chi connectivity index (χ4n) is 4.75. The van der Waals surface area contributed by atoms with Crippen molar-refractivity contribution in [1.29, 1.82) is 0 Å². The van der Waals surface area contributed by atoms with Crippen molar-refractivity contribution in [2.45, 2.75) is 45.4 Å². The van der Waals surface area contributed by atoms with E-state index in [1.807, 2.05) is 85.8 Å². The van der Waals surface area contributed by atoms with Crippen LogP contribution in [0.2, 0.25) is 0 Å². The summed E-state index contributed by atoms with van der Waals surface area (Å²) in [7, 11) is 0. The van der Waals surface area contributed by atoms with Gasteiger partial charge in [0.25, 0.3) is 0 Å². The number of anilines is 1. The molecule has 1 heterocycles. The minimum Gasteiger partial charge on any atom is -0.461 e. The minimum absolute atomic E-state index is 0.0557. The Morgan fingerprint density at radius 2 is 1.75 bits per heavy atom. The number of hydrogen-bond acceptors (Lipinski definition) is 7. The van der Waals surface area contributed by atoms with Crippen LogP contribution in [0.1, 0.15) is 42.9 Å². The van der Waals surface area contributed by atoms with E-state index in [-0.39, 0.29) is 31.4 Å². The number of hydrogen-bond donors (Lipinski definition) is 2. The van der Waals surface area contributed by atoms with Crippen molar-refractivity contribution in [2.24, 2.45) is 10.9 Å². The molecule has 0 aliphatic carbocycles. The van der Waals surface area contributed by atoms with E-state index >= 15 is 0 Å². The van der Waals surface area contributed by atoms with Gasteiger partial charge >= 0.3 is 5.97 Å². The number of nitrogens with zero attached hydrogens (tertiary/aromatic N) is 2. The van der Waals surface area contributed by atoms with Crippen LogP contribution in [0.5, 0.6) is 0 Å². The van der Waals surface area contributed by atoms with Crippen LogP contribution in [0.15, 0.2) is 83.5 Å². The van der Waals surface area contributed by atoms with Gasteiger partial charge in [0.1, 0.15) is 6.61 Å². The maximum atomic E-state index is 13.3. The van der Waals surface area contributed by atoms with Crippen molar-refractivity contribution in [1.82, 2.24) is 4.90 Å². The smallest absolute Gasteiger partial charge is 0.310 e. The first-order valence-electron chi connectivity index (χ1n) is 13.7. The number of fused-ring (bicyclic) bond motifs is 1. The number of benzene rings is 3. The first-order valence-corrected chi connectivity index (χ1v) is 13.7. The van der Waals surface area contributed by atoms with Gasteiger partial charge in [-0.05, 0) is 52.8 Å². The highest BCUT2D eigenvalue weighted by molar-refractivity contribution is 5.99. The van der Waals surface area contributed by atoms with Crippen molar-refractivity contribution in [3.05, 3.63) is 100.0 Å². The van der Waals surface area contributed by atoms with Crippen molar-refractivity contribution in [2.75, 3.05) is 25.0 Å². The van der Waals surface area contributed by atoms with E-state index in [9.17, 15) is 14.5 Å². The Kier molecular flexibility index (Phi) is 10.2. The summed E-state index contributed by atoms with van der Waals surface area (Å²) in [6, 6.07) is 23.5. The van der Waals surface area contributed by atoms with Gasteiger partial charge in [-0.25, -0.2) is 0 Å². The summed E-state index contributed by atoms with van der Waals surface area (Å²) in [4.78, 5) is 37.9. The highest BCUT2D eigenvalue weighted by atomic mass is 16.5. The highest BCUT2D eigenvalue weighted by Crippen LogP contribution is 2.31. The number of nitrogens with two attached hydrogens (primary N) is 1. The minimum atomic E-state index is -0.420. The van der Waals surface area contributed by atoms with E-state index in [0.29, 0.717) is 31.5 Å². The Morgan fingerprint density at radius 1 is 1.00 bits per heavy atom. The Hall–Kier alpha value is -4.30. The molecule has 40 heavy (non-hydrogen) atoms. The van der Waals surface area contributed by atoms with E-state index in [1.165, 1.54) is 0 Å². The van der Waals surface area contributed by atoms with Crippen LogP contribution in [0, 0.1) is 4.91 Å². The van der Waals surface area contributed by atoms with Crippen LogP contribution in [0.25, 0.3) is 17.2 Å². The molecule has 1 amide bonds. The van der Waals surface area contributed by atoms with E-state index < -0.39 is 6.17 Å². The van der Waals surface area contributed by atoms with Crippen LogP contribution in [0.3, 0.4) is 0 Å². The number of ether oxygens (including phenoxy) is 1. The summed E-state index contributed by atoms with van der Waals surface area (Å²) < 4.78 is 5.40. The Balaban J connectivity index is 1.44. The molecule has 8 heteroatoms. The number of rotatable bonds is 12. The van der Waals surface area contributed by atoms with E-state index in [4.69, 9.17) is 10.5 Å². The highest BCUT2D eigenvalue weighted by Gasteiger charge is 2.23. The fourth-order valence-corrected chi connectivity index (χ4v) is 4.75. The summed E-state index contributed by atoms with van der Waals surface area (Å²) in [5.41, 5.74) is 12.6. The molecular formula is C32H36N4O4. The Labute approximate surface area is 235 Å². The number of nitrogens with one attached hydrogen (secondary N) is 1. The van der Waals surface area contributed by atoms with Gasteiger partial charge in [0.05, 0.1) is 19.1 Å². The van der Waals surface area contributed by atoms with Crippen LogP contribution < -0.4 is 11.1 Å². The molecule has 8 nitrogen and oxygen atoms in total. The first kappa shape index (κ1) is 28.7. The number of carbonyl (C=O) groups excluding carboxylic acids is 2. The summed E-state index contributed by atoms with van der Waals surface area (Å²) >= 11 is 0. The first-order chi connectivity index (χ1) is 19.5. The number of nitroso groups, excluding NO2 is 1. The maximum Gasteiger partial charge on any atom is 0.310 e. The zero-order valence-corrected chi connectivity index (χ0v) is 22.8. The summed E-state index contributed by atoms with van der Waals surface area (Å²) in [6.07, 6.45) is 3.45. The van der Waals surface area contributed by atoms with Crippen LogP contribution in [-0.4, -0.2) is 42.6 Å². The summed E-state index contributed by atoms with van der Waals surface area (Å²) in [5, 5.41) is 6.25. The topological polar surface area (TPSA) is 114 Å².